The summed E-state index contributed by atoms with van der Waals surface area (Å²) in [5.74, 6) is 1.03. The molecule has 3 nitrogen and oxygen atoms in total. The largest absolute Gasteiger partial charge is 0.456 e. The Morgan fingerprint density at radius 1 is 0.775 bits per heavy atom. The van der Waals surface area contributed by atoms with Crippen LogP contribution < -0.4 is 10.6 Å². The maximum Gasteiger partial charge on any atom is 0.135 e. The van der Waals surface area contributed by atoms with Crippen LogP contribution in [0.5, 0.6) is 0 Å². The van der Waals surface area contributed by atoms with E-state index in [4.69, 9.17) is 4.42 Å². The molecule has 71 heavy (non-hydrogen) atoms. The van der Waals surface area contributed by atoms with Crippen molar-refractivity contribution < 1.29 is 4.42 Å². The highest BCUT2D eigenvalue weighted by molar-refractivity contribution is 6.08. The molecule has 1 saturated carbocycles. The van der Waals surface area contributed by atoms with Gasteiger partial charge in [-0.15, -0.1) is 0 Å². The van der Waals surface area contributed by atoms with E-state index < -0.39 is 0 Å². The Bertz CT molecular complexity index is 3170. The van der Waals surface area contributed by atoms with Crippen molar-refractivity contribution >= 4 is 38.8 Å². The van der Waals surface area contributed by atoms with E-state index in [1.54, 1.807) is 0 Å². The van der Waals surface area contributed by atoms with Gasteiger partial charge in [0.2, 0.25) is 0 Å². The summed E-state index contributed by atoms with van der Waals surface area (Å²) in [6.07, 6.45) is 22.1. The molecule has 1 atom stereocenters. The number of allylic oxidation sites excluding steroid dienone is 11. The van der Waals surface area contributed by atoms with Gasteiger partial charge in [0.05, 0.1) is 0 Å². The van der Waals surface area contributed by atoms with E-state index in [2.05, 4.69) is 230 Å². The lowest BCUT2D eigenvalue weighted by Gasteiger charge is -2.28. The molecule has 0 spiro atoms. The second-order valence-corrected chi connectivity index (χ2v) is 19.3. The molecule has 1 fully saturated rings. The summed E-state index contributed by atoms with van der Waals surface area (Å²) < 4.78 is 6.30. The summed E-state index contributed by atoms with van der Waals surface area (Å²) in [5, 5.41) is 9.51. The first kappa shape index (κ1) is 51.7. The number of anilines is 1. The molecule has 0 aliphatic heterocycles. The molecule has 7 aromatic rings. The van der Waals surface area contributed by atoms with Crippen LogP contribution in [0.25, 0.3) is 44.2 Å². The van der Waals surface area contributed by atoms with Gasteiger partial charge < -0.3 is 15.1 Å². The summed E-state index contributed by atoms with van der Waals surface area (Å²) in [4.78, 5) is 0. The SMILES string of the molecule is C=C/C=C\C(NC(=C/C)/C=C1\C(C)c2ccc3oc4ccccc4c3c2C1(C)C)=C(/C)c1ccc(C(/C=C\C)=C/Cc2ccccc2)cc1C.CC.CNc1ccc(C2CCC2)c(-c2ccccc2C)c1. The van der Waals surface area contributed by atoms with Crippen LogP contribution in [0.15, 0.2) is 204 Å². The number of hydrogen-bond donors (Lipinski definition) is 2. The zero-order valence-corrected chi connectivity index (χ0v) is 44.3. The standard InChI is InChI=1S/C48H49NO.C18H21N.C2H6/c1-9-12-22-43(34(6)39-27-26-37(30-32(39)4)36(18-10-2)25-24-35-19-14-13-15-20-35)49-38(11-3)31-42-33(5)40-28-29-45-46(47(40)48(42,7)8)41-21-16-17-23-44(41)50-45;1-13-6-3-4-9-16(13)18-12-15(19-2)10-11-17(18)14-7-5-8-14;1-2/h9-23,25-31,33,49H,1,24H2,2-8H3;3-4,6,9-12,14,19H,5,7-8H2,1-2H3;1-2H3/b18-10-,22-12-,36-25+,38-11+,42-31+,43-34-;;. The van der Waals surface area contributed by atoms with Crippen LogP contribution in [0.4, 0.5) is 5.69 Å². The summed E-state index contributed by atoms with van der Waals surface area (Å²) in [7, 11) is 1.99. The number of furan rings is 1. The number of rotatable bonds is 13. The minimum absolute atomic E-state index is 0.183. The van der Waals surface area contributed by atoms with Crippen LogP contribution >= 0.6 is 0 Å². The zero-order chi connectivity index (χ0) is 50.7. The molecule has 1 heterocycles. The lowest BCUT2D eigenvalue weighted by molar-refractivity contribution is 0.420. The smallest absolute Gasteiger partial charge is 0.135 e. The van der Waals surface area contributed by atoms with Crippen molar-refractivity contribution in [2.45, 2.75) is 112 Å². The lowest BCUT2D eigenvalue weighted by Crippen LogP contribution is -2.19. The fraction of sp³-hybridized carbons (Fsp3) is 0.265. The quantitative estimate of drug-likeness (QED) is 0.113. The average Bonchev–Trinajstić information content (AvgIpc) is 3.84. The Kier molecular flexibility index (Phi) is 17.3. The molecular formula is C68H76N2O. The van der Waals surface area contributed by atoms with Crippen molar-refractivity contribution in [3.8, 4) is 11.1 Å². The monoisotopic (exact) mass is 937 g/mol. The van der Waals surface area contributed by atoms with Gasteiger partial charge in [-0.25, -0.2) is 0 Å². The van der Waals surface area contributed by atoms with Crippen LogP contribution in [-0.4, -0.2) is 7.05 Å². The Morgan fingerprint density at radius 3 is 2.17 bits per heavy atom. The third-order valence-corrected chi connectivity index (χ3v) is 14.6. The minimum Gasteiger partial charge on any atom is -0.456 e. The Morgan fingerprint density at radius 2 is 1.49 bits per heavy atom. The van der Waals surface area contributed by atoms with Gasteiger partial charge in [-0.3, -0.25) is 0 Å². The van der Waals surface area contributed by atoms with E-state index in [1.165, 1.54) is 108 Å². The molecule has 3 heteroatoms. The fourth-order valence-corrected chi connectivity index (χ4v) is 10.6. The highest BCUT2D eigenvalue weighted by atomic mass is 16.3. The molecular weight excluding hydrogens is 861 g/mol. The first-order valence-corrected chi connectivity index (χ1v) is 25.9. The molecule has 0 radical (unpaired) electrons. The molecule has 2 aliphatic carbocycles. The third-order valence-electron chi connectivity index (χ3n) is 14.6. The number of benzene rings is 6. The number of para-hydroxylation sites is 1. The molecule has 1 aromatic heterocycles. The first-order chi connectivity index (χ1) is 34.5. The Labute approximate surface area is 426 Å². The molecule has 0 amide bonds. The van der Waals surface area contributed by atoms with Crippen molar-refractivity contribution in [2.75, 3.05) is 12.4 Å². The van der Waals surface area contributed by atoms with Crippen LogP contribution in [0.3, 0.4) is 0 Å². The molecule has 2 aliphatic rings. The summed E-state index contributed by atoms with van der Waals surface area (Å²) >= 11 is 0. The van der Waals surface area contributed by atoms with Gasteiger partial charge in [-0.05, 0) is 163 Å². The van der Waals surface area contributed by atoms with Gasteiger partial charge in [0, 0.05) is 46.2 Å². The van der Waals surface area contributed by atoms with Crippen LogP contribution in [0.1, 0.15) is 131 Å². The van der Waals surface area contributed by atoms with E-state index >= 15 is 0 Å². The Hall–Kier alpha value is -7.10. The predicted molar refractivity (Wildman–Crippen MR) is 310 cm³/mol. The van der Waals surface area contributed by atoms with Gasteiger partial charge in [-0.1, -0.05) is 193 Å². The molecule has 364 valence electrons. The normalized spacial score (nSPS) is 16.5. The number of nitrogens with one attached hydrogen (secondary N) is 2. The van der Waals surface area contributed by atoms with Crippen molar-refractivity contribution in [1.29, 1.82) is 0 Å². The van der Waals surface area contributed by atoms with Crippen molar-refractivity contribution in [3.05, 3.63) is 244 Å². The van der Waals surface area contributed by atoms with E-state index in [0.29, 0.717) is 0 Å². The van der Waals surface area contributed by atoms with Gasteiger partial charge in [0.1, 0.15) is 11.2 Å². The van der Waals surface area contributed by atoms with E-state index in [9.17, 15) is 0 Å². The minimum atomic E-state index is -0.183. The summed E-state index contributed by atoms with van der Waals surface area (Å²) in [6.45, 7) is 25.8. The topological polar surface area (TPSA) is 37.2 Å². The second kappa shape index (κ2) is 23.7. The predicted octanol–water partition coefficient (Wildman–Crippen LogP) is 19.1. The summed E-state index contributed by atoms with van der Waals surface area (Å²) in [5.41, 5.74) is 22.2. The molecule has 6 aromatic carbocycles. The molecule has 0 bridgehead atoms. The van der Waals surface area contributed by atoms with Crippen LogP contribution in [-0.2, 0) is 11.8 Å². The number of aryl methyl sites for hydroxylation is 2. The van der Waals surface area contributed by atoms with Crippen molar-refractivity contribution in [2.24, 2.45) is 0 Å². The van der Waals surface area contributed by atoms with Gasteiger partial charge in [0.15, 0.2) is 0 Å². The average molecular weight is 937 g/mol. The maximum atomic E-state index is 6.30. The maximum absolute atomic E-state index is 6.30. The zero-order valence-electron chi connectivity index (χ0n) is 44.3. The molecule has 0 saturated heterocycles. The van der Waals surface area contributed by atoms with Crippen LogP contribution in [0, 0.1) is 13.8 Å². The van der Waals surface area contributed by atoms with Gasteiger partial charge in [0.25, 0.3) is 0 Å². The first-order valence-electron chi connectivity index (χ1n) is 25.9. The van der Waals surface area contributed by atoms with Gasteiger partial charge in [-0.2, -0.15) is 0 Å². The fourth-order valence-electron chi connectivity index (χ4n) is 10.6. The molecule has 1 unspecified atom stereocenters. The van der Waals surface area contributed by atoms with Crippen molar-refractivity contribution in [1.82, 2.24) is 5.32 Å². The highest BCUT2D eigenvalue weighted by Gasteiger charge is 2.41. The highest BCUT2D eigenvalue weighted by Crippen LogP contribution is 2.54. The molecule has 9 rings (SSSR count). The van der Waals surface area contributed by atoms with Crippen LogP contribution in [0.2, 0.25) is 0 Å². The molecule has 2 N–H and O–H groups in total. The third kappa shape index (κ3) is 11.3. The lowest BCUT2D eigenvalue weighted by atomic mass is 9.76. The Balaban J connectivity index is 0.000000292. The number of hydrogen-bond acceptors (Lipinski definition) is 3. The second-order valence-electron chi connectivity index (χ2n) is 19.3. The number of fused-ring (bicyclic) bond motifs is 5. The van der Waals surface area contributed by atoms with E-state index in [-0.39, 0.29) is 11.3 Å². The summed E-state index contributed by atoms with van der Waals surface area (Å²) in [6, 6.07) is 45.8. The van der Waals surface area contributed by atoms with Gasteiger partial charge >= 0.3 is 0 Å². The van der Waals surface area contributed by atoms with Crippen molar-refractivity contribution in [3.63, 3.8) is 0 Å². The van der Waals surface area contributed by atoms with E-state index in [0.717, 1.165) is 34.9 Å². The van der Waals surface area contributed by atoms with E-state index in [1.807, 2.05) is 39.1 Å².